The molecule has 2 aromatic rings. The molecular formula is C14H13BrN2O2. The monoisotopic (exact) mass is 320 g/mol. The predicted octanol–water partition coefficient (Wildman–Crippen LogP) is 2.77. The average molecular weight is 321 g/mol. The average Bonchev–Trinajstić information content (AvgIpc) is 2.41. The van der Waals surface area contributed by atoms with Crippen LogP contribution in [0.1, 0.15) is 17.4 Å². The number of phenols is 1. The number of hydrogen-bond donors (Lipinski definition) is 3. The van der Waals surface area contributed by atoms with E-state index in [2.05, 4.69) is 26.5 Å². The Morgan fingerprint density at radius 3 is 2.58 bits per heavy atom. The highest BCUT2D eigenvalue weighted by molar-refractivity contribution is 9.10. The summed E-state index contributed by atoms with van der Waals surface area (Å²) in [6.45, 7) is 0. The molecule has 0 fully saturated rings. The van der Waals surface area contributed by atoms with Crippen molar-refractivity contribution < 1.29 is 10.2 Å². The van der Waals surface area contributed by atoms with Crippen molar-refractivity contribution in [2.45, 2.75) is 6.23 Å². The highest BCUT2D eigenvalue weighted by Crippen LogP contribution is 2.16. The molecule has 2 aromatic carbocycles. The third-order valence-electron chi connectivity index (χ3n) is 2.47. The van der Waals surface area contributed by atoms with Crippen molar-refractivity contribution >= 4 is 22.1 Å². The van der Waals surface area contributed by atoms with E-state index in [0.717, 1.165) is 15.6 Å². The van der Waals surface area contributed by atoms with Gasteiger partial charge >= 0.3 is 0 Å². The lowest BCUT2D eigenvalue weighted by Gasteiger charge is -2.10. The molecule has 0 aliphatic heterocycles. The van der Waals surface area contributed by atoms with Gasteiger partial charge in [0.2, 0.25) is 0 Å². The predicted molar refractivity (Wildman–Crippen MR) is 77.9 cm³/mol. The number of nitrogens with zero attached hydrogens (tertiary/aromatic N) is 1. The van der Waals surface area contributed by atoms with Gasteiger partial charge in [-0.05, 0) is 42.0 Å². The summed E-state index contributed by atoms with van der Waals surface area (Å²) in [5.74, 6) is 0.208. The number of rotatable bonds is 4. The van der Waals surface area contributed by atoms with Crippen molar-refractivity contribution in [2.75, 3.05) is 0 Å². The van der Waals surface area contributed by atoms with Crippen molar-refractivity contribution in [2.24, 2.45) is 5.10 Å². The Bertz CT molecular complexity index is 570. The van der Waals surface area contributed by atoms with Gasteiger partial charge < -0.3 is 10.2 Å². The molecule has 4 nitrogen and oxygen atoms in total. The van der Waals surface area contributed by atoms with Gasteiger partial charge in [-0.2, -0.15) is 5.10 Å². The van der Waals surface area contributed by atoms with Gasteiger partial charge in [0.1, 0.15) is 5.75 Å². The minimum atomic E-state index is -0.870. The van der Waals surface area contributed by atoms with Crippen LogP contribution >= 0.6 is 15.9 Å². The van der Waals surface area contributed by atoms with E-state index in [1.807, 2.05) is 18.2 Å². The molecule has 3 N–H and O–H groups in total. The summed E-state index contributed by atoms with van der Waals surface area (Å²) >= 11 is 3.34. The number of aliphatic hydroxyl groups excluding tert-OH is 1. The number of hydrazone groups is 1. The van der Waals surface area contributed by atoms with Crippen molar-refractivity contribution in [1.82, 2.24) is 5.43 Å². The van der Waals surface area contributed by atoms with Crippen LogP contribution in [0.15, 0.2) is 58.1 Å². The first-order valence-electron chi connectivity index (χ1n) is 5.66. The quantitative estimate of drug-likeness (QED) is 0.461. The third-order valence-corrected chi connectivity index (χ3v) is 2.96. The summed E-state index contributed by atoms with van der Waals surface area (Å²) in [6, 6.07) is 14.0. The molecule has 0 heterocycles. The van der Waals surface area contributed by atoms with Gasteiger partial charge in [0.15, 0.2) is 6.23 Å². The molecule has 0 amide bonds. The van der Waals surface area contributed by atoms with E-state index in [9.17, 15) is 5.11 Å². The van der Waals surface area contributed by atoms with Crippen LogP contribution in [0.2, 0.25) is 0 Å². The molecule has 19 heavy (non-hydrogen) atoms. The Morgan fingerprint density at radius 1 is 1.16 bits per heavy atom. The number of nitrogens with one attached hydrogen (secondary N) is 1. The topological polar surface area (TPSA) is 64.9 Å². The number of benzene rings is 2. The van der Waals surface area contributed by atoms with Gasteiger partial charge in [0, 0.05) is 10.0 Å². The van der Waals surface area contributed by atoms with E-state index in [0.29, 0.717) is 0 Å². The van der Waals surface area contributed by atoms with E-state index in [1.54, 1.807) is 36.5 Å². The van der Waals surface area contributed by atoms with Crippen molar-refractivity contribution in [3.8, 4) is 5.75 Å². The zero-order chi connectivity index (χ0) is 13.7. The van der Waals surface area contributed by atoms with Gasteiger partial charge in [-0.25, -0.2) is 0 Å². The second kappa shape index (κ2) is 6.36. The lowest BCUT2D eigenvalue weighted by molar-refractivity contribution is 0.141. The first-order chi connectivity index (χ1) is 9.15. The Balaban J connectivity index is 1.96. The Kier molecular flexibility index (Phi) is 4.54. The highest BCUT2D eigenvalue weighted by atomic mass is 79.9. The normalized spacial score (nSPS) is 12.5. The molecule has 98 valence electrons. The maximum Gasteiger partial charge on any atom is 0.165 e. The summed E-state index contributed by atoms with van der Waals surface area (Å²) < 4.78 is 0.897. The van der Waals surface area contributed by atoms with Crippen LogP contribution < -0.4 is 5.43 Å². The van der Waals surface area contributed by atoms with Crippen LogP contribution in [0.3, 0.4) is 0 Å². The summed E-state index contributed by atoms with van der Waals surface area (Å²) in [5, 5.41) is 23.0. The summed E-state index contributed by atoms with van der Waals surface area (Å²) in [5.41, 5.74) is 4.18. The molecule has 2 rings (SSSR count). The van der Waals surface area contributed by atoms with Crippen LogP contribution in [0.5, 0.6) is 5.75 Å². The van der Waals surface area contributed by atoms with Gasteiger partial charge in [0.25, 0.3) is 0 Å². The second-order valence-corrected chi connectivity index (χ2v) is 4.85. The molecular weight excluding hydrogens is 308 g/mol. The number of aromatic hydroxyl groups is 1. The molecule has 1 atom stereocenters. The van der Waals surface area contributed by atoms with Gasteiger partial charge in [-0.1, -0.05) is 28.1 Å². The first-order valence-corrected chi connectivity index (χ1v) is 6.45. The molecule has 0 aliphatic rings. The first kappa shape index (κ1) is 13.6. The van der Waals surface area contributed by atoms with Gasteiger partial charge in [-0.3, -0.25) is 5.43 Å². The zero-order valence-electron chi connectivity index (χ0n) is 9.99. The van der Waals surface area contributed by atoms with Crippen molar-refractivity contribution in [3.05, 3.63) is 64.1 Å². The van der Waals surface area contributed by atoms with E-state index in [4.69, 9.17) is 5.11 Å². The number of halogens is 1. The maximum absolute atomic E-state index is 9.88. The Labute approximate surface area is 119 Å². The molecule has 0 aliphatic carbocycles. The molecule has 0 spiro atoms. The SMILES string of the molecule is Oc1ccc(/C=N/NC(O)c2cccc(Br)c2)cc1. The van der Waals surface area contributed by atoms with E-state index in [-0.39, 0.29) is 5.75 Å². The molecule has 0 bridgehead atoms. The van der Waals surface area contributed by atoms with Gasteiger partial charge in [-0.15, -0.1) is 0 Å². The summed E-state index contributed by atoms with van der Waals surface area (Å²) in [6.07, 6.45) is 0.701. The van der Waals surface area contributed by atoms with Crippen molar-refractivity contribution in [3.63, 3.8) is 0 Å². The van der Waals surface area contributed by atoms with E-state index >= 15 is 0 Å². The van der Waals surface area contributed by atoms with Crippen molar-refractivity contribution in [1.29, 1.82) is 0 Å². The molecule has 0 saturated carbocycles. The Morgan fingerprint density at radius 2 is 1.89 bits per heavy atom. The lowest BCUT2D eigenvalue weighted by atomic mass is 10.2. The largest absolute Gasteiger partial charge is 0.508 e. The van der Waals surface area contributed by atoms with E-state index < -0.39 is 6.23 Å². The van der Waals surface area contributed by atoms with Crippen LogP contribution in [0, 0.1) is 0 Å². The smallest absolute Gasteiger partial charge is 0.165 e. The highest BCUT2D eigenvalue weighted by Gasteiger charge is 2.04. The lowest BCUT2D eigenvalue weighted by Crippen LogP contribution is -2.14. The third kappa shape index (κ3) is 4.08. The zero-order valence-corrected chi connectivity index (χ0v) is 11.6. The molecule has 0 saturated heterocycles. The van der Waals surface area contributed by atoms with E-state index in [1.165, 1.54) is 0 Å². The fraction of sp³-hybridized carbons (Fsp3) is 0.0714. The molecule has 1 unspecified atom stereocenters. The number of phenolic OH excluding ortho intramolecular Hbond substituents is 1. The minimum Gasteiger partial charge on any atom is -0.508 e. The van der Waals surface area contributed by atoms with Crippen LogP contribution in [-0.2, 0) is 0 Å². The standard InChI is InChI=1S/C14H13BrN2O2/c15-12-3-1-2-11(8-12)14(19)17-16-9-10-4-6-13(18)7-5-10/h1-9,14,17-19H/b16-9+. The summed E-state index contributed by atoms with van der Waals surface area (Å²) in [4.78, 5) is 0. The molecule has 0 radical (unpaired) electrons. The fourth-order valence-electron chi connectivity index (χ4n) is 1.49. The summed E-state index contributed by atoms with van der Waals surface area (Å²) in [7, 11) is 0. The maximum atomic E-state index is 9.88. The Hall–Kier alpha value is -1.85. The number of aliphatic hydroxyl groups is 1. The van der Waals surface area contributed by atoms with Crippen LogP contribution in [-0.4, -0.2) is 16.4 Å². The molecule has 0 aromatic heterocycles. The van der Waals surface area contributed by atoms with Crippen LogP contribution in [0.4, 0.5) is 0 Å². The fourth-order valence-corrected chi connectivity index (χ4v) is 1.91. The van der Waals surface area contributed by atoms with Crippen LogP contribution in [0.25, 0.3) is 0 Å². The minimum absolute atomic E-state index is 0.208. The molecule has 5 heteroatoms. The second-order valence-electron chi connectivity index (χ2n) is 3.94. The number of hydrogen-bond acceptors (Lipinski definition) is 4. The van der Waals surface area contributed by atoms with Gasteiger partial charge in [0.05, 0.1) is 6.21 Å².